The molecule has 0 aliphatic carbocycles. The number of nitrogens with two attached hydrogens (primary N) is 1. The van der Waals surface area contributed by atoms with Gasteiger partial charge in [0.15, 0.2) is 11.5 Å². The van der Waals surface area contributed by atoms with Gasteiger partial charge in [-0.2, -0.15) is 5.10 Å². The van der Waals surface area contributed by atoms with E-state index in [2.05, 4.69) is 0 Å². The van der Waals surface area contributed by atoms with Crippen LogP contribution in [0.1, 0.15) is 16.8 Å². The lowest BCUT2D eigenvalue weighted by molar-refractivity contribution is 0.0791. The molecule has 1 fully saturated rings. The smallest absolute Gasteiger partial charge is 0.257 e. The van der Waals surface area contributed by atoms with Gasteiger partial charge in [-0.1, -0.05) is 18.2 Å². The third kappa shape index (κ3) is 3.69. The van der Waals surface area contributed by atoms with Crippen molar-refractivity contribution < 1.29 is 14.3 Å². The number of nitrogens with zero attached hydrogens (tertiary/aromatic N) is 3. The van der Waals surface area contributed by atoms with E-state index in [9.17, 15) is 4.79 Å². The first-order valence-electron chi connectivity index (χ1n) is 9.53. The van der Waals surface area contributed by atoms with Gasteiger partial charge in [0, 0.05) is 30.9 Å². The fourth-order valence-electron chi connectivity index (χ4n) is 3.58. The summed E-state index contributed by atoms with van der Waals surface area (Å²) in [6.07, 6.45) is 2.60. The number of methoxy groups -OCH3 is 2. The molecule has 1 atom stereocenters. The van der Waals surface area contributed by atoms with E-state index < -0.39 is 0 Å². The van der Waals surface area contributed by atoms with Crippen molar-refractivity contribution >= 4 is 5.91 Å². The fraction of sp³-hybridized carbons (Fsp3) is 0.273. The van der Waals surface area contributed by atoms with E-state index >= 15 is 0 Å². The monoisotopic (exact) mass is 392 g/mol. The number of amides is 1. The molecule has 2 aromatic carbocycles. The summed E-state index contributed by atoms with van der Waals surface area (Å²) in [5.74, 6) is 1.14. The second kappa shape index (κ2) is 7.97. The molecule has 3 aromatic rings. The minimum absolute atomic E-state index is 0.0210. The lowest BCUT2D eigenvalue weighted by Gasteiger charge is -2.15. The molecule has 0 spiro atoms. The quantitative estimate of drug-likeness (QED) is 0.722. The topological polar surface area (TPSA) is 82.6 Å². The van der Waals surface area contributed by atoms with Crippen LogP contribution in [0.3, 0.4) is 0 Å². The number of hydrogen-bond donors (Lipinski definition) is 1. The van der Waals surface area contributed by atoms with E-state index in [0.717, 1.165) is 17.7 Å². The zero-order valence-corrected chi connectivity index (χ0v) is 16.5. The van der Waals surface area contributed by atoms with Crippen LogP contribution >= 0.6 is 0 Å². The number of carbonyl (C=O) groups excluding carboxylic acids is 1. The number of hydrogen-bond acceptors (Lipinski definition) is 5. The lowest BCUT2D eigenvalue weighted by atomic mass is 10.1. The summed E-state index contributed by atoms with van der Waals surface area (Å²) < 4.78 is 12.5. The van der Waals surface area contributed by atoms with Crippen molar-refractivity contribution in [3.05, 3.63) is 60.3 Å². The van der Waals surface area contributed by atoms with Gasteiger partial charge in [0.2, 0.25) is 0 Å². The van der Waals surface area contributed by atoms with Crippen molar-refractivity contribution in [2.45, 2.75) is 12.5 Å². The first-order valence-corrected chi connectivity index (χ1v) is 9.53. The van der Waals surface area contributed by atoms with Gasteiger partial charge in [0.1, 0.15) is 5.69 Å². The SMILES string of the molecule is COc1ccc(-c2nn(-c3ccccc3)cc2C(=O)N2CC[C@H](N)C2)cc1OC. The molecular weight excluding hydrogens is 368 g/mol. The standard InChI is InChI=1S/C22H24N4O3/c1-28-19-9-8-15(12-20(19)29-2)21-18(22(27)25-11-10-16(23)13-25)14-26(24-21)17-6-4-3-5-7-17/h3-9,12,14,16H,10-11,13,23H2,1-2H3/t16-/m0/s1. The molecule has 7 nitrogen and oxygen atoms in total. The van der Waals surface area contributed by atoms with Crippen LogP contribution in [0.25, 0.3) is 16.9 Å². The molecule has 0 radical (unpaired) electrons. The summed E-state index contributed by atoms with van der Waals surface area (Å²) in [4.78, 5) is 15.1. The van der Waals surface area contributed by atoms with Crippen LogP contribution in [0.2, 0.25) is 0 Å². The van der Waals surface area contributed by atoms with Crippen LogP contribution in [0.5, 0.6) is 11.5 Å². The molecule has 0 saturated carbocycles. The van der Waals surface area contributed by atoms with Gasteiger partial charge in [-0.25, -0.2) is 4.68 Å². The van der Waals surface area contributed by atoms with E-state index in [1.165, 1.54) is 0 Å². The van der Waals surface area contributed by atoms with Gasteiger partial charge in [-0.15, -0.1) is 0 Å². The molecular formula is C22H24N4O3. The molecule has 0 unspecified atom stereocenters. The Bertz CT molecular complexity index is 1020. The van der Waals surface area contributed by atoms with Gasteiger partial charge in [-0.05, 0) is 36.8 Å². The highest BCUT2D eigenvalue weighted by Gasteiger charge is 2.28. The van der Waals surface area contributed by atoms with Crippen molar-refractivity contribution in [1.82, 2.24) is 14.7 Å². The predicted molar refractivity (Wildman–Crippen MR) is 111 cm³/mol. The Balaban J connectivity index is 1.81. The summed E-state index contributed by atoms with van der Waals surface area (Å²) in [6.45, 7) is 1.21. The molecule has 1 saturated heterocycles. The van der Waals surface area contributed by atoms with Crippen molar-refractivity contribution in [3.8, 4) is 28.4 Å². The van der Waals surface area contributed by atoms with E-state index in [1.54, 1.807) is 30.0 Å². The van der Waals surface area contributed by atoms with Gasteiger partial charge in [-0.3, -0.25) is 4.79 Å². The van der Waals surface area contributed by atoms with Crippen LogP contribution in [0, 0.1) is 0 Å². The number of carbonyl (C=O) groups is 1. The summed E-state index contributed by atoms with van der Waals surface area (Å²) >= 11 is 0. The highest BCUT2D eigenvalue weighted by Crippen LogP contribution is 2.34. The van der Waals surface area contributed by atoms with E-state index in [0.29, 0.717) is 35.8 Å². The highest BCUT2D eigenvalue weighted by atomic mass is 16.5. The van der Waals surface area contributed by atoms with E-state index in [4.69, 9.17) is 20.3 Å². The molecule has 150 valence electrons. The number of para-hydroxylation sites is 1. The van der Waals surface area contributed by atoms with Crippen LogP contribution in [0.15, 0.2) is 54.7 Å². The molecule has 1 aromatic heterocycles. The predicted octanol–water partition coefficient (Wildman–Crippen LogP) is 2.73. The summed E-state index contributed by atoms with van der Waals surface area (Å²) in [5.41, 5.74) is 8.81. The molecule has 7 heteroatoms. The minimum atomic E-state index is -0.0649. The van der Waals surface area contributed by atoms with Crippen molar-refractivity contribution in [3.63, 3.8) is 0 Å². The second-order valence-corrected chi connectivity index (χ2v) is 7.04. The maximum Gasteiger partial charge on any atom is 0.257 e. The number of rotatable bonds is 5. The average molecular weight is 392 g/mol. The molecule has 2 heterocycles. The molecule has 4 rings (SSSR count). The fourth-order valence-corrected chi connectivity index (χ4v) is 3.58. The lowest BCUT2D eigenvalue weighted by Crippen LogP contribution is -2.32. The molecule has 1 aliphatic rings. The zero-order chi connectivity index (χ0) is 20.4. The Morgan fingerprint density at radius 1 is 1.10 bits per heavy atom. The highest BCUT2D eigenvalue weighted by molar-refractivity contribution is 6.00. The molecule has 29 heavy (non-hydrogen) atoms. The van der Waals surface area contributed by atoms with Gasteiger partial charge < -0.3 is 20.1 Å². The van der Waals surface area contributed by atoms with Crippen LogP contribution in [-0.4, -0.2) is 53.9 Å². The minimum Gasteiger partial charge on any atom is -0.493 e. The number of aromatic nitrogens is 2. The van der Waals surface area contributed by atoms with Crippen LogP contribution in [0.4, 0.5) is 0 Å². The normalized spacial score (nSPS) is 16.1. The van der Waals surface area contributed by atoms with Gasteiger partial charge in [0.25, 0.3) is 5.91 Å². The number of likely N-dealkylation sites (tertiary alicyclic amines) is 1. The maximum absolute atomic E-state index is 13.3. The second-order valence-electron chi connectivity index (χ2n) is 7.04. The van der Waals surface area contributed by atoms with Crippen molar-refractivity contribution in [1.29, 1.82) is 0 Å². The molecule has 0 bridgehead atoms. The Kier molecular flexibility index (Phi) is 5.22. The Morgan fingerprint density at radius 2 is 1.86 bits per heavy atom. The third-order valence-corrected chi connectivity index (χ3v) is 5.13. The van der Waals surface area contributed by atoms with Crippen molar-refractivity contribution in [2.24, 2.45) is 5.73 Å². The third-order valence-electron chi connectivity index (χ3n) is 5.13. The number of ether oxygens (including phenoxy) is 2. The molecule has 1 amide bonds. The summed E-state index contributed by atoms with van der Waals surface area (Å²) in [5, 5.41) is 4.73. The Labute approximate surface area is 169 Å². The summed E-state index contributed by atoms with van der Waals surface area (Å²) in [6, 6.07) is 15.3. The van der Waals surface area contributed by atoms with E-state index in [-0.39, 0.29) is 11.9 Å². The molecule has 1 aliphatic heterocycles. The van der Waals surface area contributed by atoms with Crippen molar-refractivity contribution in [2.75, 3.05) is 27.3 Å². The Hall–Kier alpha value is -3.32. The largest absolute Gasteiger partial charge is 0.493 e. The van der Waals surface area contributed by atoms with Crippen LogP contribution in [-0.2, 0) is 0 Å². The van der Waals surface area contributed by atoms with Gasteiger partial charge >= 0.3 is 0 Å². The Morgan fingerprint density at radius 3 is 2.52 bits per heavy atom. The van der Waals surface area contributed by atoms with Crippen LogP contribution < -0.4 is 15.2 Å². The summed E-state index contributed by atoms with van der Waals surface area (Å²) in [7, 11) is 3.18. The first-order chi connectivity index (χ1) is 14.1. The first kappa shape index (κ1) is 19.0. The average Bonchev–Trinajstić information content (AvgIpc) is 3.40. The zero-order valence-electron chi connectivity index (χ0n) is 16.5. The molecule has 2 N–H and O–H groups in total. The number of benzene rings is 2. The maximum atomic E-state index is 13.3. The van der Waals surface area contributed by atoms with E-state index in [1.807, 2.05) is 48.5 Å². The van der Waals surface area contributed by atoms with Gasteiger partial charge in [0.05, 0.1) is 25.5 Å².